The molecule has 0 fully saturated rings. The molecule has 2 heterocycles. The van der Waals surface area contributed by atoms with E-state index < -0.39 is 0 Å². The van der Waals surface area contributed by atoms with Crippen LogP contribution in [0.4, 0.5) is 5.95 Å². The summed E-state index contributed by atoms with van der Waals surface area (Å²) < 4.78 is 1.78. The largest absolute Gasteiger partial charge is 0.352 e. The minimum atomic E-state index is -0.252. The second-order valence-electron chi connectivity index (χ2n) is 7.41. The molecule has 2 N–H and O–H groups in total. The van der Waals surface area contributed by atoms with Gasteiger partial charge in [-0.05, 0) is 43.2 Å². The van der Waals surface area contributed by atoms with Crippen LogP contribution in [0, 0.1) is 0 Å². The summed E-state index contributed by atoms with van der Waals surface area (Å²) in [6, 6.07) is 14.5. The quantitative estimate of drug-likeness (QED) is 0.593. The van der Waals surface area contributed by atoms with E-state index in [0.717, 1.165) is 5.56 Å². The van der Waals surface area contributed by atoms with E-state index >= 15 is 0 Å². The van der Waals surface area contributed by atoms with Gasteiger partial charge in [0.05, 0.1) is 11.7 Å². The highest BCUT2D eigenvalue weighted by Gasteiger charge is 2.19. The van der Waals surface area contributed by atoms with Crippen LogP contribution in [-0.4, -0.2) is 19.7 Å². The van der Waals surface area contributed by atoms with Crippen molar-refractivity contribution in [3.8, 4) is 0 Å². The zero-order valence-corrected chi connectivity index (χ0v) is 15.1. The summed E-state index contributed by atoms with van der Waals surface area (Å²) in [7, 11) is 0. The van der Waals surface area contributed by atoms with Crippen molar-refractivity contribution in [1.82, 2.24) is 19.7 Å². The first kappa shape index (κ1) is 16.3. The molecule has 0 aliphatic rings. The molecule has 0 aliphatic heterocycles. The number of hydrogen-bond acceptors (Lipinski definition) is 4. The Morgan fingerprint density at radius 1 is 1.12 bits per heavy atom. The third kappa shape index (κ3) is 2.94. The van der Waals surface area contributed by atoms with Gasteiger partial charge in [0.1, 0.15) is 5.39 Å². The minimum absolute atomic E-state index is 0.188. The highest BCUT2D eigenvalue weighted by Crippen LogP contribution is 2.19. The van der Waals surface area contributed by atoms with Gasteiger partial charge in [0.2, 0.25) is 5.95 Å². The first-order valence-electron chi connectivity index (χ1n) is 8.62. The molecule has 26 heavy (non-hydrogen) atoms. The molecular weight excluding hydrogens is 326 g/mol. The average Bonchev–Trinajstić information content (AvgIpc) is 3.05. The van der Waals surface area contributed by atoms with Crippen LogP contribution in [0.5, 0.6) is 0 Å². The number of H-pyrrole nitrogens is 1. The normalized spacial score (nSPS) is 12.0. The third-order valence-corrected chi connectivity index (χ3v) is 4.35. The maximum atomic E-state index is 12.3. The van der Waals surface area contributed by atoms with Crippen molar-refractivity contribution in [2.45, 2.75) is 32.9 Å². The molecule has 0 bridgehead atoms. The van der Waals surface area contributed by atoms with Gasteiger partial charge in [-0.25, -0.2) is 4.68 Å². The van der Waals surface area contributed by atoms with Crippen molar-refractivity contribution in [3.05, 3.63) is 64.6 Å². The lowest BCUT2D eigenvalue weighted by Crippen LogP contribution is -2.24. The fourth-order valence-corrected chi connectivity index (χ4v) is 3.03. The Balaban J connectivity index is 1.65. The lowest BCUT2D eigenvalue weighted by molar-refractivity contribution is 0.366. The first-order valence-corrected chi connectivity index (χ1v) is 8.62. The molecule has 2 aromatic heterocycles. The molecule has 4 rings (SSSR count). The average molecular weight is 347 g/mol. The molecule has 0 aliphatic carbocycles. The van der Waals surface area contributed by atoms with Crippen molar-refractivity contribution in [1.29, 1.82) is 0 Å². The number of nitrogens with one attached hydrogen (secondary N) is 2. The molecule has 0 amide bonds. The second kappa shape index (κ2) is 5.98. The summed E-state index contributed by atoms with van der Waals surface area (Å²) in [6.07, 6.45) is 1.57. The van der Waals surface area contributed by atoms with Crippen LogP contribution in [0.15, 0.2) is 53.5 Å². The Kier molecular flexibility index (Phi) is 3.76. The predicted octanol–water partition coefficient (Wildman–Crippen LogP) is 3.64. The summed E-state index contributed by atoms with van der Waals surface area (Å²) in [5.74, 6) is 0.446. The van der Waals surface area contributed by atoms with Crippen molar-refractivity contribution in [2.24, 2.45) is 0 Å². The van der Waals surface area contributed by atoms with E-state index in [1.165, 1.54) is 10.8 Å². The van der Waals surface area contributed by atoms with Gasteiger partial charge in [-0.1, -0.05) is 36.4 Å². The maximum absolute atomic E-state index is 12.3. The fourth-order valence-electron chi connectivity index (χ4n) is 3.03. The summed E-state index contributed by atoms with van der Waals surface area (Å²) in [4.78, 5) is 19.7. The van der Waals surface area contributed by atoms with Gasteiger partial charge in [-0.2, -0.15) is 10.1 Å². The van der Waals surface area contributed by atoms with Gasteiger partial charge in [0.25, 0.3) is 5.56 Å². The summed E-state index contributed by atoms with van der Waals surface area (Å²) in [6.45, 7) is 6.67. The number of anilines is 1. The minimum Gasteiger partial charge on any atom is -0.352 e. The standard InChI is InChI=1S/C20H21N5O/c1-20(2,3)25-17-16(12-22-25)18(26)24-19(23-17)21-11-13-8-9-14-6-4-5-7-15(14)10-13/h4-10,12H,11H2,1-3H3,(H2,21,23,24,26). The molecule has 0 unspecified atom stereocenters. The van der Waals surface area contributed by atoms with Crippen LogP contribution in [0.1, 0.15) is 26.3 Å². The molecule has 0 atom stereocenters. The molecule has 2 aromatic carbocycles. The first-order chi connectivity index (χ1) is 12.4. The highest BCUT2D eigenvalue weighted by atomic mass is 16.1. The van der Waals surface area contributed by atoms with Crippen LogP contribution >= 0.6 is 0 Å². The van der Waals surface area contributed by atoms with Crippen molar-refractivity contribution >= 4 is 27.8 Å². The van der Waals surface area contributed by atoms with Gasteiger partial charge in [-0.3, -0.25) is 9.78 Å². The number of benzene rings is 2. The Morgan fingerprint density at radius 2 is 1.88 bits per heavy atom. The lowest BCUT2D eigenvalue weighted by Gasteiger charge is -2.19. The van der Waals surface area contributed by atoms with Crippen LogP contribution < -0.4 is 10.9 Å². The van der Waals surface area contributed by atoms with E-state index in [1.807, 2.05) is 32.9 Å². The molecule has 6 heteroatoms. The molecule has 4 aromatic rings. The maximum Gasteiger partial charge on any atom is 0.263 e. The van der Waals surface area contributed by atoms with Gasteiger partial charge >= 0.3 is 0 Å². The van der Waals surface area contributed by atoms with E-state index in [9.17, 15) is 4.79 Å². The monoisotopic (exact) mass is 347 g/mol. The zero-order valence-electron chi connectivity index (χ0n) is 15.1. The van der Waals surface area contributed by atoms with E-state index in [1.54, 1.807) is 10.9 Å². The number of nitrogens with zero attached hydrogens (tertiary/aromatic N) is 3. The van der Waals surface area contributed by atoms with Gasteiger partial charge in [0.15, 0.2) is 5.65 Å². The van der Waals surface area contributed by atoms with Crippen LogP contribution in [0.3, 0.4) is 0 Å². The third-order valence-electron chi connectivity index (χ3n) is 4.35. The van der Waals surface area contributed by atoms with Crippen LogP contribution in [0.25, 0.3) is 21.8 Å². The number of aromatic amines is 1. The Morgan fingerprint density at radius 3 is 2.65 bits per heavy atom. The molecule has 0 saturated heterocycles. The van der Waals surface area contributed by atoms with Crippen LogP contribution in [-0.2, 0) is 12.1 Å². The second-order valence-corrected chi connectivity index (χ2v) is 7.41. The topological polar surface area (TPSA) is 75.6 Å². The summed E-state index contributed by atoms with van der Waals surface area (Å²) in [5, 5.41) is 10.4. The highest BCUT2D eigenvalue weighted by molar-refractivity contribution is 5.83. The molecule has 132 valence electrons. The molecular formula is C20H21N5O. The van der Waals surface area contributed by atoms with Crippen molar-refractivity contribution in [3.63, 3.8) is 0 Å². The SMILES string of the molecule is CC(C)(C)n1ncc2c(=O)[nH]c(NCc3ccc4ccccc4c3)nc21. The fraction of sp³-hybridized carbons (Fsp3) is 0.250. The molecule has 0 radical (unpaired) electrons. The number of hydrogen-bond donors (Lipinski definition) is 2. The van der Waals surface area contributed by atoms with Crippen molar-refractivity contribution < 1.29 is 0 Å². The van der Waals surface area contributed by atoms with Gasteiger partial charge in [0, 0.05) is 6.54 Å². The van der Waals surface area contributed by atoms with Crippen molar-refractivity contribution in [2.75, 3.05) is 5.32 Å². The summed E-state index contributed by atoms with van der Waals surface area (Å²) in [5.41, 5.74) is 1.27. The van der Waals surface area contributed by atoms with E-state index in [-0.39, 0.29) is 11.1 Å². The number of fused-ring (bicyclic) bond motifs is 2. The van der Waals surface area contributed by atoms with E-state index in [0.29, 0.717) is 23.5 Å². The van der Waals surface area contributed by atoms with Gasteiger partial charge < -0.3 is 5.32 Å². The van der Waals surface area contributed by atoms with E-state index in [4.69, 9.17) is 0 Å². The zero-order chi connectivity index (χ0) is 18.3. The molecule has 0 spiro atoms. The number of aromatic nitrogens is 4. The molecule has 6 nitrogen and oxygen atoms in total. The van der Waals surface area contributed by atoms with E-state index in [2.05, 4.69) is 50.7 Å². The molecule has 0 saturated carbocycles. The Bertz CT molecular complexity index is 1150. The smallest absolute Gasteiger partial charge is 0.263 e. The van der Waals surface area contributed by atoms with Crippen LogP contribution in [0.2, 0.25) is 0 Å². The summed E-state index contributed by atoms with van der Waals surface area (Å²) >= 11 is 0. The predicted molar refractivity (Wildman–Crippen MR) is 104 cm³/mol. The Hall–Kier alpha value is -3.15. The Labute approximate surface area is 150 Å². The lowest BCUT2D eigenvalue weighted by atomic mass is 10.1. The number of rotatable bonds is 3. The van der Waals surface area contributed by atoms with Gasteiger partial charge in [-0.15, -0.1) is 0 Å².